The summed E-state index contributed by atoms with van der Waals surface area (Å²) >= 11 is 1.87. The molecule has 0 amide bonds. The molecule has 13 rings (SSSR count). The van der Waals surface area contributed by atoms with Crippen LogP contribution in [0.3, 0.4) is 0 Å². The van der Waals surface area contributed by atoms with Crippen molar-refractivity contribution in [1.82, 2.24) is 0 Å². The number of hydrogen-bond donors (Lipinski definition) is 0. The smallest absolute Gasteiger partial charge is 0.143 e. The van der Waals surface area contributed by atoms with E-state index in [4.69, 9.17) is 8.83 Å². The molecule has 0 aliphatic heterocycles. The molecule has 0 unspecified atom stereocenters. The van der Waals surface area contributed by atoms with Gasteiger partial charge in [0.05, 0.1) is 11.1 Å². The van der Waals surface area contributed by atoms with Crippen molar-refractivity contribution in [2.45, 2.75) is 0 Å². The minimum Gasteiger partial charge on any atom is -0.455 e. The van der Waals surface area contributed by atoms with Gasteiger partial charge in [-0.3, -0.25) is 0 Å². The number of benzene rings is 10. The number of rotatable bonds is 5. The highest BCUT2D eigenvalue weighted by molar-refractivity contribution is 7.26. The van der Waals surface area contributed by atoms with E-state index in [2.05, 4.69) is 205 Å². The van der Waals surface area contributed by atoms with Crippen molar-refractivity contribution in [3.8, 4) is 22.3 Å². The Morgan fingerprint density at radius 1 is 0.367 bits per heavy atom. The lowest BCUT2D eigenvalue weighted by Crippen LogP contribution is -2.10. The average Bonchev–Trinajstić information content (AvgIpc) is 4.02. The Hall–Kier alpha value is -7.66. The summed E-state index contributed by atoms with van der Waals surface area (Å²) in [6, 6.07) is 71.9. The van der Waals surface area contributed by atoms with E-state index in [0.717, 1.165) is 88.2 Å². The van der Waals surface area contributed by atoms with E-state index < -0.39 is 0 Å². The van der Waals surface area contributed by atoms with Crippen molar-refractivity contribution in [2.24, 2.45) is 0 Å². The summed E-state index contributed by atoms with van der Waals surface area (Å²) in [5, 5.41) is 11.6. The number of hydrogen-bond acceptors (Lipinski definition) is 4. The largest absolute Gasteiger partial charge is 0.455 e. The van der Waals surface area contributed by atoms with Crippen LogP contribution in [0, 0.1) is 0 Å². The van der Waals surface area contributed by atoms with Gasteiger partial charge < -0.3 is 13.7 Å². The molecule has 280 valence electrons. The van der Waals surface area contributed by atoms with Crippen molar-refractivity contribution in [3.05, 3.63) is 200 Å². The normalized spacial score (nSPS) is 12.0. The van der Waals surface area contributed by atoms with Gasteiger partial charge in [-0.25, -0.2) is 0 Å². The van der Waals surface area contributed by atoms with Crippen LogP contribution in [0.4, 0.5) is 17.1 Å². The molecule has 0 aliphatic carbocycles. The van der Waals surface area contributed by atoms with Crippen LogP contribution in [0.15, 0.2) is 209 Å². The van der Waals surface area contributed by atoms with Crippen LogP contribution >= 0.6 is 11.3 Å². The Bertz CT molecular complexity index is 3850. The molecule has 13 aromatic rings. The molecule has 4 heteroatoms. The van der Waals surface area contributed by atoms with E-state index in [-0.39, 0.29) is 0 Å². The number of fused-ring (bicyclic) bond motifs is 13. The summed E-state index contributed by atoms with van der Waals surface area (Å²) in [6.45, 7) is 0. The Morgan fingerprint density at radius 3 is 1.73 bits per heavy atom. The fourth-order valence-electron chi connectivity index (χ4n) is 9.52. The molecule has 60 heavy (non-hydrogen) atoms. The van der Waals surface area contributed by atoms with Gasteiger partial charge in [-0.1, -0.05) is 140 Å². The van der Waals surface area contributed by atoms with Gasteiger partial charge in [-0.05, 0) is 93.7 Å². The monoisotopic (exact) mass is 783 g/mol. The SMILES string of the molecule is c1cc(-c2cccc3oc4c5ccccc5ccc4c23)cc(N(c2ccc(-c3cccc4c3sc3ccccc34)cc2)c2cccc3oc4c5ccccc5ccc4c23)c1. The molecule has 0 aliphatic rings. The molecule has 10 aromatic carbocycles. The van der Waals surface area contributed by atoms with Gasteiger partial charge in [0.15, 0.2) is 0 Å². The number of nitrogens with zero attached hydrogens (tertiary/aromatic N) is 1. The van der Waals surface area contributed by atoms with Gasteiger partial charge in [-0.2, -0.15) is 0 Å². The van der Waals surface area contributed by atoms with Crippen LogP contribution in [0.5, 0.6) is 0 Å². The summed E-state index contributed by atoms with van der Waals surface area (Å²) in [7, 11) is 0. The van der Waals surface area contributed by atoms with E-state index in [1.54, 1.807) is 0 Å². The first kappa shape index (κ1) is 33.3. The van der Waals surface area contributed by atoms with E-state index in [1.165, 1.54) is 36.7 Å². The first-order valence-electron chi connectivity index (χ1n) is 20.3. The number of anilines is 3. The molecule has 0 saturated carbocycles. The Morgan fingerprint density at radius 2 is 0.967 bits per heavy atom. The van der Waals surface area contributed by atoms with Crippen molar-refractivity contribution in [2.75, 3.05) is 4.90 Å². The summed E-state index contributed by atoms with van der Waals surface area (Å²) in [5.41, 5.74) is 11.4. The Kier molecular flexibility index (Phi) is 7.18. The third-order valence-electron chi connectivity index (χ3n) is 12.2. The van der Waals surface area contributed by atoms with Crippen molar-refractivity contribution in [3.63, 3.8) is 0 Å². The molecular formula is C56H33NO2S. The average molecular weight is 784 g/mol. The maximum atomic E-state index is 6.74. The van der Waals surface area contributed by atoms with Crippen molar-refractivity contribution in [1.29, 1.82) is 0 Å². The van der Waals surface area contributed by atoms with Crippen LogP contribution in [-0.2, 0) is 0 Å². The molecule has 0 saturated heterocycles. The highest BCUT2D eigenvalue weighted by Crippen LogP contribution is 2.47. The number of furan rings is 2. The molecule has 3 heterocycles. The van der Waals surface area contributed by atoms with Gasteiger partial charge in [0.25, 0.3) is 0 Å². The van der Waals surface area contributed by atoms with Crippen LogP contribution in [-0.4, -0.2) is 0 Å². The first-order chi connectivity index (χ1) is 29.7. The second kappa shape index (κ2) is 12.9. The minimum absolute atomic E-state index is 0.856. The highest BCUT2D eigenvalue weighted by Gasteiger charge is 2.22. The zero-order valence-corrected chi connectivity index (χ0v) is 33.0. The lowest BCUT2D eigenvalue weighted by atomic mass is 9.97. The fraction of sp³-hybridized carbons (Fsp3) is 0. The van der Waals surface area contributed by atoms with Crippen LogP contribution in [0.2, 0.25) is 0 Å². The molecule has 0 N–H and O–H groups in total. The van der Waals surface area contributed by atoms with E-state index in [0.29, 0.717) is 0 Å². The van der Waals surface area contributed by atoms with Gasteiger partial charge in [0, 0.05) is 58.5 Å². The molecule has 0 radical (unpaired) electrons. The quantitative estimate of drug-likeness (QED) is 0.174. The molecule has 0 atom stereocenters. The summed E-state index contributed by atoms with van der Waals surface area (Å²) in [4.78, 5) is 2.39. The van der Waals surface area contributed by atoms with Crippen molar-refractivity contribution < 1.29 is 8.83 Å². The lowest BCUT2D eigenvalue weighted by molar-refractivity contribution is 0.672. The van der Waals surface area contributed by atoms with Crippen LogP contribution in [0.25, 0.3) is 108 Å². The third kappa shape index (κ3) is 4.95. The topological polar surface area (TPSA) is 29.5 Å². The summed E-state index contributed by atoms with van der Waals surface area (Å²) in [6.07, 6.45) is 0. The standard InChI is InChI=1S/C56H33NO2S/c1-3-15-41-34(11-1)27-31-46-52-40(18-9-22-49(52)58-54(41)46)37-13-7-14-39(33-37)57(48-21-10-23-50-53(48)47-32-28-35-12-2-4-16-42(35)55(47)59-50)38-29-25-36(26-30-38)43-19-8-20-45-44-17-5-6-24-51(44)60-56(43)45/h1-33H. The second-order valence-electron chi connectivity index (χ2n) is 15.6. The first-order valence-corrected chi connectivity index (χ1v) is 21.1. The maximum Gasteiger partial charge on any atom is 0.143 e. The van der Waals surface area contributed by atoms with Gasteiger partial charge >= 0.3 is 0 Å². The van der Waals surface area contributed by atoms with Gasteiger partial charge in [0.2, 0.25) is 0 Å². The second-order valence-corrected chi connectivity index (χ2v) is 16.6. The molecule has 0 fully saturated rings. The van der Waals surface area contributed by atoms with E-state index in [1.807, 2.05) is 11.3 Å². The predicted octanol–water partition coefficient (Wildman–Crippen LogP) is 17.0. The predicted molar refractivity (Wildman–Crippen MR) is 254 cm³/mol. The molecular weight excluding hydrogens is 751 g/mol. The maximum absolute atomic E-state index is 6.74. The van der Waals surface area contributed by atoms with Gasteiger partial charge in [0.1, 0.15) is 22.3 Å². The Balaban J connectivity index is 1.02. The zero-order valence-electron chi connectivity index (χ0n) is 32.2. The van der Waals surface area contributed by atoms with E-state index >= 15 is 0 Å². The lowest BCUT2D eigenvalue weighted by Gasteiger charge is -2.27. The highest BCUT2D eigenvalue weighted by atomic mass is 32.1. The van der Waals surface area contributed by atoms with Gasteiger partial charge in [-0.15, -0.1) is 11.3 Å². The van der Waals surface area contributed by atoms with Crippen LogP contribution < -0.4 is 4.90 Å². The fourth-order valence-corrected chi connectivity index (χ4v) is 10.8. The third-order valence-corrected chi connectivity index (χ3v) is 13.5. The van der Waals surface area contributed by atoms with Crippen LogP contribution in [0.1, 0.15) is 0 Å². The van der Waals surface area contributed by atoms with Crippen molar-refractivity contribution >= 4 is 114 Å². The van der Waals surface area contributed by atoms with E-state index in [9.17, 15) is 0 Å². The molecule has 3 nitrogen and oxygen atoms in total. The molecule has 0 spiro atoms. The zero-order chi connectivity index (χ0) is 39.3. The molecule has 0 bridgehead atoms. The summed E-state index contributed by atoms with van der Waals surface area (Å²) < 4.78 is 16.0. The summed E-state index contributed by atoms with van der Waals surface area (Å²) in [5.74, 6) is 0. The minimum atomic E-state index is 0.856. The Labute approximate surface area is 348 Å². The molecule has 3 aromatic heterocycles. The number of thiophene rings is 1.